The lowest BCUT2D eigenvalue weighted by molar-refractivity contribution is -0.141. The molecule has 0 aromatic heterocycles. The van der Waals surface area contributed by atoms with Gasteiger partial charge >= 0.3 is 0 Å². The first-order valence-electron chi connectivity index (χ1n) is 9.41. The summed E-state index contributed by atoms with van der Waals surface area (Å²) in [6, 6.07) is 15.3. The van der Waals surface area contributed by atoms with Gasteiger partial charge in [0.25, 0.3) is 0 Å². The predicted molar refractivity (Wildman–Crippen MR) is 104 cm³/mol. The fourth-order valence-corrected chi connectivity index (χ4v) is 3.01. The molecule has 1 N–H and O–H groups in total. The van der Waals surface area contributed by atoms with Crippen molar-refractivity contribution in [1.82, 2.24) is 10.2 Å². The van der Waals surface area contributed by atoms with Crippen LogP contribution in [-0.2, 0) is 22.6 Å². The lowest BCUT2D eigenvalue weighted by Crippen LogP contribution is -2.50. The largest absolute Gasteiger partial charge is 0.355 e. The predicted octanol–water partition coefficient (Wildman–Crippen LogP) is 3.70. The Morgan fingerprint density at radius 2 is 1.70 bits per heavy atom. The summed E-state index contributed by atoms with van der Waals surface area (Å²) in [4.78, 5) is 27.1. The SMILES string of the molecule is CCCC(=O)N(Cc1ccccc1F)[C@H](Cc1ccccc1)C(=O)NCC. The Balaban J connectivity index is 2.36. The van der Waals surface area contributed by atoms with Crippen molar-refractivity contribution in [2.24, 2.45) is 0 Å². The quantitative estimate of drug-likeness (QED) is 0.732. The first-order valence-corrected chi connectivity index (χ1v) is 9.41. The molecule has 1 atom stereocenters. The first-order chi connectivity index (χ1) is 13.1. The number of hydrogen-bond acceptors (Lipinski definition) is 2. The Labute approximate surface area is 160 Å². The van der Waals surface area contributed by atoms with Crippen LogP contribution in [0.25, 0.3) is 0 Å². The third kappa shape index (κ3) is 5.91. The minimum Gasteiger partial charge on any atom is -0.355 e. The van der Waals surface area contributed by atoms with Gasteiger partial charge in [-0.15, -0.1) is 0 Å². The number of carbonyl (C=O) groups is 2. The number of amides is 2. The van der Waals surface area contributed by atoms with E-state index in [0.717, 1.165) is 5.56 Å². The molecule has 2 aromatic rings. The Morgan fingerprint density at radius 1 is 1.04 bits per heavy atom. The lowest BCUT2D eigenvalue weighted by Gasteiger charge is -2.31. The zero-order valence-electron chi connectivity index (χ0n) is 16.0. The monoisotopic (exact) mass is 370 g/mol. The highest BCUT2D eigenvalue weighted by Gasteiger charge is 2.30. The number of likely N-dealkylation sites (N-methyl/N-ethyl adjacent to an activating group) is 1. The molecule has 0 unspecified atom stereocenters. The molecule has 0 bridgehead atoms. The maximum Gasteiger partial charge on any atom is 0.243 e. The lowest BCUT2D eigenvalue weighted by atomic mass is 10.0. The molecule has 0 saturated heterocycles. The van der Waals surface area contributed by atoms with Gasteiger partial charge < -0.3 is 10.2 Å². The second-order valence-electron chi connectivity index (χ2n) is 6.46. The van der Waals surface area contributed by atoms with Crippen molar-refractivity contribution >= 4 is 11.8 Å². The molecular formula is C22H27FN2O2. The molecule has 2 amide bonds. The summed E-state index contributed by atoms with van der Waals surface area (Å²) in [6.45, 7) is 4.30. The van der Waals surface area contributed by atoms with Gasteiger partial charge in [-0.25, -0.2) is 4.39 Å². The highest BCUT2D eigenvalue weighted by molar-refractivity contribution is 5.88. The van der Waals surface area contributed by atoms with Crippen LogP contribution >= 0.6 is 0 Å². The maximum absolute atomic E-state index is 14.2. The second-order valence-corrected chi connectivity index (χ2v) is 6.46. The third-order valence-electron chi connectivity index (χ3n) is 4.38. The van der Waals surface area contributed by atoms with E-state index in [9.17, 15) is 14.0 Å². The van der Waals surface area contributed by atoms with Crippen LogP contribution in [0.2, 0.25) is 0 Å². The number of carbonyl (C=O) groups excluding carboxylic acids is 2. The summed E-state index contributed by atoms with van der Waals surface area (Å²) in [5, 5.41) is 2.82. The molecule has 0 aliphatic rings. The summed E-state index contributed by atoms with van der Waals surface area (Å²) < 4.78 is 14.2. The molecule has 144 valence electrons. The van der Waals surface area contributed by atoms with E-state index in [1.54, 1.807) is 18.2 Å². The molecule has 0 radical (unpaired) electrons. The number of benzene rings is 2. The topological polar surface area (TPSA) is 49.4 Å². The van der Waals surface area contributed by atoms with Crippen molar-refractivity contribution in [3.8, 4) is 0 Å². The number of nitrogens with zero attached hydrogens (tertiary/aromatic N) is 1. The van der Waals surface area contributed by atoms with Crippen molar-refractivity contribution in [2.75, 3.05) is 6.54 Å². The Hall–Kier alpha value is -2.69. The molecule has 0 heterocycles. The van der Waals surface area contributed by atoms with Crippen LogP contribution in [0.3, 0.4) is 0 Å². The zero-order chi connectivity index (χ0) is 19.6. The molecule has 0 fully saturated rings. The van der Waals surface area contributed by atoms with E-state index >= 15 is 0 Å². The zero-order valence-corrected chi connectivity index (χ0v) is 16.0. The summed E-state index contributed by atoms with van der Waals surface area (Å²) in [7, 11) is 0. The first kappa shape index (κ1) is 20.6. The summed E-state index contributed by atoms with van der Waals surface area (Å²) >= 11 is 0. The summed E-state index contributed by atoms with van der Waals surface area (Å²) in [5.41, 5.74) is 1.36. The van der Waals surface area contributed by atoms with Gasteiger partial charge in [0.2, 0.25) is 11.8 Å². The van der Waals surface area contributed by atoms with Gasteiger partial charge in [-0.2, -0.15) is 0 Å². The number of rotatable bonds is 9. The van der Waals surface area contributed by atoms with Crippen molar-refractivity contribution < 1.29 is 14.0 Å². The Kier molecular flexibility index (Phi) is 7.99. The third-order valence-corrected chi connectivity index (χ3v) is 4.38. The van der Waals surface area contributed by atoms with E-state index in [2.05, 4.69) is 5.32 Å². The van der Waals surface area contributed by atoms with Gasteiger partial charge in [-0.3, -0.25) is 9.59 Å². The van der Waals surface area contributed by atoms with Gasteiger partial charge in [0.1, 0.15) is 11.9 Å². The average molecular weight is 370 g/mol. The molecular weight excluding hydrogens is 343 g/mol. The molecule has 2 rings (SSSR count). The highest BCUT2D eigenvalue weighted by atomic mass is 19.1. The molecule has 4 nitrogen and oxygen atoms in total. The standard InChI is InChI=1S/C22H27FN2O2/c1-3-10-21(26)25(16-18-13-8-9-14-19(18)23)20(22(27)24-4-2)15-17-11-6-5-7-12-17/h5-9,11-14,20H,3-4,10,15-16H2,1-2H3,(H,24,27)/t20-/m1/s1. The number of hydrogen-bond donors (Lipinski definition) is 1. The maximum atomic E-state index is 14.2. The van der Waals surface area contributed by atoms with Gasteiger partial charge in [-0.05, 0) is 25.0 Å². The van der Waals surface area contributed by atoms with Gasteiger partial charge in [-0.1, -0.05) is 55.5 Å². The van der Waals surface area contributed by atoms with E-state index in [1.807, 2.05) is 44.2 Å². The van der Waals surface area contributed by atoms with Crippen LogP contribution < -0.4 is 5.32 Å². The average Bonchev–Trinajstić information content (AvgIpc) is 2.67. The molecule has 0 aliphatic heterocycles. The molecule has 0 saturated carbocycles. The van der Waals surface area contributed by atoms with Crippen LogP contribution in [0, 0.1) is 5.82 Å². The van der Waals surface area contributed by atoms with E-state index in [0.29, 0.717) is 31.4 Å². The molecule has 0 spiro atoms. The number of nitrogens with one attached hydrogen (secondary N) is 1. The van der Waals surface area contributed by atoms with Crippen LogP contribution in [0.15, 0.2) is 54.6 Å². The van der Waals surface area contributed by atoms with E-state index in [-0.39, 0.29) is 24.2 Å². The highest BCUT2D eigenvalue weighted by Crippen LogP contribution is 2.17. The second kappa shape index (κ2) is 10.5. The van der Waals surface area contributed by atoms with Gasteiger partial charge in [0, 0.05) is 31.5 Å². The van der Waals surface area contributed by atoms with Crippen LogP contribution in [0.4, 0.5) is 4.39 Å². The fourth-order valence-electron chi connectivity index (χ4n) is 3.01. The van der Waals surface area contributed by atoms with Crippen LogP contribution in [-0.4, -0.2) is 29.3 Å². The minimum atomic E-state index is -0.689. The van der Waals surface area contributed by atoms with Crippen molar-refractivity contribution in [2.45, 2.75) is 45.7 Å². The van der Waals surface area contributed by atoms with E-state index < -0.39 is 6.04 Å². The summed E-state index contributed by atoms with van der Waals surface area (Å²) in [6.07, 6.45) is 1.37. The fraction of sp³-hybridized carbons (Fsp3) is 0.364. The van der Waals surface area contributed by atoms with Crippen LogP contribution in [0.1, 0.15) is 37.8 Å². The normalized spacial score (nSPS) is 11.7. The smallest absolute Gasteiger partial charge is 0.243 e. The molecule has 5 heteroatoms. The molecule has 0 aliphatic carbocycles. The Bertz CT molecular complexity index is 749. The van der Waals surface area contributed by atoms with E-state index in [1.165, 1.54) is 11.0 Å². The van der Waals surface area contributed by atoms with Gasteiger partial charge in [0.05, 0.1) is 0 Å². The minimum absolute atomic E-state index is 0.0696. The van der Waals surface area contributed by atoms with Crippen molar-refractivity contribution in [3.63, 3.8) is 0 Å². The van der Waals surface area contributed by atoms with Crippen molar-refractivity contribution in [3.05, 3.63) is 71.5 Å². The number of halogens is 1. The van der Waals surface area contributed by atoms with Crippen LogP contribution in [0.5, 0.6) is 0 Å². The Morgan fingerprint density at radius 3 is 2.33 bits per heavy atom. The van der Waals surface area contributed by atoms with Crippen molar-refractivity contribution in [1.29, 1.82) is 0 Å². The summed E-state index contributed by atoms with van der Waals surface area (Å²) in [5.74, 6) is -0.740. The molecule has 2 aromatic carbocycles. The van der Waals surface area contributed by atoms with E-state index in [4.69, 9.17) is 0 Å². The van der Waals surface area contributed by atoms with Gasteiger partial charge in [0.15, 0.2) is 0 Å². The molecule has 27 heavy (non-hydrogen) atoms.